The first-order valence-electron chi connectivity index (χ1n) is 5.52. The Kier molecular flexibility index (Phi) is 2.75. The number of carbonyl (C=O) groups is 1. The third-order valence-electron chi connectivity index (χ3n) is 3.10. The summed E-state index contributed by atoms with van der Waals surface area (Å²) in [6.07, 6.45) is -4.13. The summed E-state index contributed by atoms with van der Waals surface area (Å²) in [5, 5.41) is 8.16. The second-order valence-corrected chi connectivity index (χ2v) is 4.35. The zero-order valence-electron chi connectivity index (χ0n) is 9.69. The van der Waals surface area contributed by atoms with Crippen molar-refractivity contribution in [2.45, 2.75) is 37.9 Å². The molecule has 5 nitrogen and oxygen atoms in total. The van der Waals surface area contributed by atoms with Crippen LogP contribution >= 0.6 is 0 Å². The van der Waals surface area contributed by atoms with Gasteiger partial charge in [0.2, 0.25) is 0 Å². The highest BCUT2D eigenvalue weighted by molar-refractivity contribution is 5.98. The number of alkyl halides is 3. The van der Waals surface area contributed by atoms with Crippen molar-refractivity contribution in [2.24, 2.45) is 0 Å². The largest absolute Gasteiger partial charge is 0.411 e. The summed E-state index contributed by atoms with van der Waals surface area (Å²) in [4.78, 5) is 11.7. The van der Waals surface area contributed by atoms with E-state index < -0.39 is 17.6 Å². The van der Waals surface area contributed by atoms with Crippen molar-refractivity contribution in [1.82, 2.24) is 15.5 Å². The third-order valence-corrected chi connectivity index (χ3v) is 3.10. The minimum absolute atomic E-state index is 0.104. The Hall–Kier alpha value is -1.73. The lowest BCUT2D eigenvalue weighted by Crippen LogP contribution is -2.48. The number of aromatic amines is 1. The van der Waals surface area contributed by atoms with Crippen LogP contribution < -0.4 is 11.1 Å². The molecule has 0 bridgehead atoms. The minimum Gasteiger partial charge on any atom is -0.395 e. The van der Waals surface area contributed by atoms with Crippen LogP contribution in [-0.4, -0.2) is 27.8 Å². The molecule has 18 heavy (non-hydrogen) atoms. The lowest BCUT2D eigenvalue weighted by Gasteiger charge is -2.20. The number of carbonyl (C=O) groups excluding carboxylic acids is 1. The maximum Gasteiger partial charge on any atom is 0.411 e. The van der Waals surface area contributed by atoms with Crippen LogP contribution in [0.2, 0.25) is 0 Å². The first kappa shape index (κ1) is 12.7. The molecule has 0 radical (unpaired) electrons. The van der Waals surface area contributed by atoms with Crippen LogP contribution in [0.5, 0.6) is 0 Å². The number of H-pyrrole nitrogens is 1. The summed E-state index contributed by atoms with van der Waals surface area (Å²) >= 11 is 0. The first-order valence-corrected chi connectivity index (χ1v) is 5.52. The van der Waals surface area contributed by atoms with Crippen molar-refractivity contribution in [3.8, 4) is 0 Å². The number of rotatable bonds is 3. The summed E-state index contributed by atoms with van der Waals surface area (Å²) in [5.74, 6) is -0.890. The Morgan fingerprint density at radius 3 is 2.56 bits per heavy atom. The zero-order chi connectivity index (χ0) is 13.6. The molecular formula is C10H13F3N4O. The number of amides is 1. The van der Waals surface area contributed by atoms with E-state index in [2.05, 4.69) is 10.2 Å². The van der Waals surface area contributed by atoms with Gasteiger partial charge in [-0.1, -0.05) is 6.92 Å². The third kappa shape index (κ3) is 1.91. The Morgan fingerprint density at radius 2 is 2.17 bits per heavy atom. The van der Waals surface area contributed by atoms with Crippen molar-refractivity contribution < 1.29 is 18.0 Å². The summed E-state index contributed by atoms with van der Waals surface area (Å²) < 4.78 is 38.0. The Balaban J connectivity index is 2.16. The number of hydrogen-bond donors (Lipinski definition) is 3. The van der Waals surface area contributed by atoms with Crippen molar-refractivity contribution in [3.05, 3.63) is 11.4 Å². The Morgan fingerprint density at radius 1 is 1.56 bits per heavy atom. The molecule has 100 valence electrons. The van der Waals surface area contributed by atoms with E-state index in [1.807, 2.05) is 5.32 Å². The quantitative estimate of drug-likeness (QED) is 0.769. The molecule has 2 rings (SSSR count). The molecular weight excluding hydrogens is 249 g/mol. The van der Waals surface area contributed by atoms with Gasteiger partial charge in [-0.3, -0.25) is 9.89 Å². The van der Waals surface area contributed by atoms with E-state index >= 15 is 0 Å². The Labute approximate surface area is 101 Å². The van der Waals surface area contributed by atoms with Gasteiger partial charge < -0.3 is 11.1 Å². The molecule has 8 heteroatoms. The molecule has 0 aromatic carbocycles. The van der Waals surface area contributed by atoms with Gasteiger partial charge in [-0.25, -0.2) is 0 Å². The topological polar surface area (TPSA) is 83.8 Å². The van der Waals surface area contributed by atoms with Gasteiger partial charge in [0.05, 0.1) is 11.4 Å². The highest BCUT2D eigenvalue weighted by atomic mass is 19.4. The van der Waals surface area contributed by atoms with Gasteiger partial charge in [0.15, 0.2) is 5.69 Å². The number of aromatic nitrogens is 2. The second kappa shape index (κ2) is 3.89. The maximum atomic E-state index is 12.7. The van der Waals surface area contributed by atoms with E-state index in [1.54, 1.807) is 6.92 Å². The van der Waals surface area contributed by atoms with Gasteiger partial charge in [0, 0.05) is 0 Å². The molecule has 1 aliphatic rings. The van der Waals surface area contributed by atoms with Crippen LogP contribution in [0.25, 0.3) is 0 Å². The molecule has 0 saturated heterocycles. The molecule has 1 aliphatic carbocycles. The SMILES string of the molecule is CCc1[nH]nc(C(=O)NC2(C(F)(F)F)CC2)c1N. The van der Waals surface area contributed by atoms with E-state index in [0.717, 1.165) is 0 Å². The van der Waals surface area contributed by atoms with Gasteiger partial charge in [0.1, 0.15) is 5.54 Å². The maximum absolute atomic E-state index is 12.7. The molecule has 0 unspecified atom stereocenters. The predicted octanol–water partition coefficient (Wildman–Crippen LogP) is 1.38. The molecule has 1 aromatic heterocycles. The molecule has 0 atom stereocenters. The molecule has 1 aromatic rings. The standard InChI is InChI=1S/C10H13F3N4O/c1-2-5-6(14)7(17-16-5)8(18)15-9(3-4-9)10(11,12)13/h2-4,14H2,1H3,(H,15,18)(H,16,17). The van der Waals surface area contributed by atoms with Gasteiger partial charge in [-0.05, 0) is 19.3 Å². The number of nitrogens with two attached hydrogens (primary N) is 1. The van der Waals surface area contributed by atoms with Gasteiger partial charge in [-0.2, -0.15) is 18.3 Å². The highest BCUT2D eigenvalue weighted by Crippen LogP contribution is 2.49. The Bertz CT molecular complexity index is 476. The molecule has 1 saturated carbocycles. The number of nitrogens with one attached hydrogen (secondary N) is 2. The van der Waals surface area contributed by atoms with Crippen LogP contribution in [0.4, 0.5) is 18.9 Å². The van der Waals surface area contributed by atoms with E-state index in [0.29, 0.717) is 12.1 Å². The summed E-state index contributed by atoms with van der Waals surface area (Å²) in [6.45, 7) is 1.80. The predicted molar refractivity (Wildman–Crippen MR) is 57.9 cm³/mol. The van der Waals surface area contributed by atoms with E-state index in [1.165, 1.54) is 0 Å². The summed E-state index contributed by atoms with van der Waals surface area (Å²) in [6, 6.07) is 0. The number of nitrogen functional groups attached to an aromatic ring is 1. The van der Waals surface area contributed by atoms with Crippen molar-refractivity contribution in [1.29, 1.82) is 0 Å². The average molecular weight is 262 g/mol. The average Bonchev–Trinajstić information content (AvgIpc) is 2.95. The van der Waals surface area contributed by atoms with Gasteiger partial charge in [0.25, 0.3) is 5.91 Å². The number of hydrogen-bond acceptors (Lipinski definition) is 3. The van der Waals surface area contributed by atoms with Crippen LogP contribution in [0.3, 0.4) is 0 Å². The van der Waals surface area contributed by atoms with E-state index in [-0.39, 0.29) is 24.2 Å². The number of nitrogens with zero attached hydrogens (tertiary/aromatic N) is 1. The number of anilines is 1. The molecule has 0 aliphatic heterocycles. The zero-order valence-corrected chi connectivity index (χ0v) is 9.69. The second-order valence-electron chi connectivity index (χ2n) is 4.35. The fourth-order valence-electron chi connectivity index (χ4n) is 1.71. The number of aryl methyl sites for hydroxylation is 1. The van der Waals surface area contributed by atoms with Gasteiger partial charge >= 0.3 is 6.18 Å². The van der Waals surface area contributed by atoms with Crippen LogP contribution in [0, 0.1) is 0 Å². The molecule has 1 fully saturated rings. The van der Waals surface area contributed by atoms with Crippen LogP contribution in [0.15, 0.2) is 0 Å². The molecule has 1 heterocycles. The lowest BCUT2D eigenvalue weighted by molar-refractivity contribution is -0.163. The molecule has 0 spiro atoms. The van der Waals surface area contributed by atoms with Crippen LogP contribution in [0.1, 0.15) is 35.9 Å². The molecule has 1 amide bonds. The summed E-state index contributed by atoms with van der Waals surface area (Å²) in [5.41, 5.74) is 4.00. The molecule has 4 N–H and O–H groups in total. The van der Waals surface area contributed by atoms with E-state index in [4.69, 9.17) is 5.73 Å². The smallest absolute Gasteiger partial charge is 0.395 e. The van der Waals surface area contributed by atoms with Crippen molar-refractivity contribution in [3.63, 3.8) is 0 Å². The minimum atomic E-state index is -4.44. The van der Waals surface area contributed by atoms with Crippen molar-refractivity contribution >= 4 is 11.6 Å². The van der Waals surface area contributed by atoms with Gasteiger partial charge in [-0.15, -0.1) is 0 Å². The fourth-order valence-corrected chi connectivity index (χ4v) is 1.71. The monoisotopic (exact) mass is 262 g/mol. The normalized spacial score (nSPS) is 17.6. The fraction of sp³-hybridized carbons (Fsp3) is 0.600. The summed E-state index contributed by atoms with van der Waals surface area (Å²) in [7, 11) is 0. The highest BCUT2D eigenvalue weighted by Gasteiger charge is 2.64. The lowest BCUT2D eigenvalue weighted by atomic mass is 10.2. The number of halogens is 3. The van der Waals surface area contributed by atoms with Crippen molar-refractivity contribution in [2.75, 3.05) is 5.73 Å². The van der Waals surface area contributed by atoms with E-state index in [9.17, 15) is 18.0 Å². The first-order chi connectivity index (χ1) is 8.31. The van der Waals surface area contributed by atoms with Crippen LogP contribution in [-0.2, 0) is 6.42 Å².